The molecule has 0 heterocycles. The quantitative estimate of drug-likeness (QED) is 0.307. The van der Waals surface area contributed by atoms with Crippen molar-refractivity contribution in [3.63, 3.8) is 0 Å². The van der Waals surface area contributed by atoms with Gasteiger partial charge in [-0.05, 0) is 31.3 Å². The molecule has 6 nitrogen and oxygen atoms in total. The normalized spacial score (nSPS) is 10.6. The van der Waals surface area contributed by atoms with E-state index in [0.717, 1.165) is 5.56 Å². The van der Waals surface area contributed by atoms with Gasteiger partial charge in [0.25, 0.3) is 0 Å². The summed E-state index contributed by atoms with van der Waals surface area (Å²) in [6, 6.07) is 7.00. The number of hydrogen-bond acceptors (Lipinski definition) is 4. The highest BCUT2D eigenvalue weighted by Crippen LogP contribution is 2.13. The van der Waals surface area contributed by atoms with E-state index < -0.39 is 5.97 Å². The van der Waals surface area contributed by atoms with Gasteiger partial charge in [0.2, 0.25) is 0 Å². The number of thiocarbonyl (C=S) groups is 1. The molecule has 0 saturated heterocycles. The summed E-state index contributed by atoms with van der Waals surface area (Å²) < 4.78 is 5.11. The maximum Gasteiger partial charge on any atom is 0.341 e. The van der Waals surface area contributed by atoms with Crippen LogP contribution in [-0.4, -0.2) is 35.1 Å². The van der Waals surface area contributed by atoms with E-state index in [1.54, 1.807) is 31.2 Å². The Kier molecular flexibility index (Phi) is 6.90. The van der Waals surface area contributed by atoms with Crippen LogP contribution in [0.1, 0.15) is 12.5 Å². The van der Waals surface area contributed by atoms with E-state index in [1.807, 2.05) is 6.07 Å². The second-order valence-electron chi connectivity index (χ2n) is 4.02. The molecule has 0 atom stereocenters. The van der Waals surface area contributed by atoms with Crippen molar-refractivity contribution in [2.24, 2.45) is 5.10 Å². The van der Waals surface area contributed by atoms with E-state index in [4.69, 9.17) is 22.1 Å². The highest BCUT2D eigenvalue weighted by atomic mass is 32.1. The fourth-order valence-corrected chi connectivity index (χ4v) is 1.49. The first-order valence-electron chi connectivity index (χ1n) is 6.17. The van der Waals surface area contributed by atoms with Gasteiger partial charge in [0.05, 0.1) is 5.71 Å². The highest BCUT2D eigenvalue weighted by molar-refractivity contribution is 7.80. The molecule has 0 saturated carbocycles. The Morgan fingerprint density at radius 1 is 1.57 bits per heavy atom. The summed E-state index contributed by atoms with van der Waals surface area (Å²) in [5.41, 5.74) is 4.21. The van der Waals surface area contributed by atoms with Crippen LogP contribution in [0.5, 0.6) is 5.75 Å². The van der Waals surface area contributed by atoms with Crippen LogP contribution >= 0.6 is 12.2 Å². The molecule has 1 aromatic carbocycles. The SMILES string of the molecule is C=CCNC(=S)N/N=C(/C)c1cccc(OCC(=O)O)c1. The molecule has 0 unspecified atom stereocenters. The molecule has 1 aromatic rings. The lowest BCUT2D eigenvalue weighted by Gasteiger charge is -2.08. The van der Waals surface area contributed by atoms with Crippen molar-refractivity contribution in [2.75, 3.05) is 13.2 Å². The van der Waals surface area contributed by atoms with Gasteiger partial charge in [-0.25, -0.2) is 4.79 Å². The summed E-state index contributed by atoms with van der Waals surface area (Å²) in [5, 5.41) is 16.0. The highest BCUT2D eigenvalue weighted by Gasteiger charge is 2.03. The van der Waals surface area contributed by atoms with Gasteiger partial charge in [0.1, 0.15) is 5.75 Å². The molecular weight excluding hydrogens is 290 g/mol. The summed E-state index contributed by atoms with van der Waals surface area (Å²) in [5.74, 6) is -0.553. The number of rotatable bonds is 7. The Labute approximate surface area is 128 Å². The third-order valence-electron chi connectivity index (χ3n) is 2.35. The third kappa shape index (κ3) is 6.53. The van der Waals surface area contributed by atoms with Crippen molar-refractivity contribution in [3.8, 4) is 5.75 Å². The van der Waals surface area contributed by atoms with E-state index in [2.05, 4.69) is 22.4 Å². The maximum absolute atomic E-state index is 10.5. The van der Waals surface area contributed by atoms with Crippen molar-refractivity contribution in [1.29, 1.82) is 0 Å². The van der Waals surface area contributed by atoms with Gasteiger partial charge in [-0.1, -0.05) is 18.2 Å². The lowest BCUT2D eigenvalue weighted by molar-refractivity contribution is -0.139. The maximum atomic E-state index is 10.5. The van der Waals surface area contributed by atoms with Gasteiger partial charge < -0.3 is 15.2 Å². The van der Waals surface area contributed by atoms with Crippen LogP contribution in [0, 0.1) is 0 Å². The molecule has 21 heavy (non-hydrogen) atoms. The fourth-order valence-electron chi connectivity index (χ4n) is 1.36. The van der Waals surface area contributed by atoms with Crippen LogP contribution < -0.4 is 15.5 Å². The summed E-state index contributed by atoms with van der Waals surface area (Å²) in [6.45, 7) is 5.55. The lowest BCUT2D eigenvalue weighted by atomic mass is 10.1. The topological polar surface area (TPSA) is 83.0 Å². The third-order valence-corrected chi connectivity index (χ3v) is 2.58. The van der Waals surface area contributed by atoms with Crippen molar-refractivity contribution < 1.29 is 14.6 Å². The zero-order valence-electron chi connectivity index (χ0n) is 11.6. The smallest absolute Gasteiger partial charge is 0.341 e. The monoisotopic (exact) mass is 307 g/mol. The van der Waals surface area contributed by atoms with Crippen molar-refractivity contribution >= 4 is 29.0 Å². The summed E-state index contributed by atoms with van der Waals surface area (Å²) in [6.07, 6.45) is 1.69. The van der Waals surface area contributed by atoms with Gasteiger partial charge in [-0.15, -0.1) is 6.58 Å². The Morgan fingerprint density at radius 2 is 2.33 bits per heavy atom. The van der Waals surface area contributed by atoms with Crippen molar-refractivity contribution in [1.82, 2.24) is 10.7 Å². The minimum Gasteiger partial charge on any atom is -0.482 e. The van der Waals surface area contributed by atoms with Crippen LogP contribution in [0.25, 0.3) is 0 Å². The first-order valence-corrected chi connectivity index (χ1v) is 6.58. The molecule has 0 aromatic heterocycles. The number of nitrogens with one attached hydrogen (secondary N) is 2. The van der Waals surface area contributed by atoms with Crippen molar-refractivity contribution in [2.45, 2.75) is 6.92 Å². The number of carboxylic acids is 1. The van der Waals surface area contributed by atoms with Crippen LogP contribution in [-0.2, 0) is 4.79 Å². The van der Waals surface area contributed by atoms with E-state index in [0.29, 0.717) is 23.1 Å². The fraction of sp³-hybridized carbons (Fsp3) is 0.214. The molecule has 0 aliphatic rings. The molecule has 0 spiro atoms. The summed E-state index contributed by atoms with van der Waals surface area (Å²) >= 11 is 5.02. The van der Waals surface area contributed by atoms with Gasteiger partial charge in [0.15, 0.2) is 11.7 Å². The van der Waals surface area contributed by atoms with Gasteiger partial charge >= 0.3 is 5.97 Å². The molecule has 0 aliphatic carbocycles. The number of nitrogens with zero attached hydrogens (tertiary/aromatic N) is 1. The molecular formula is C14H17N3O3S. The largest absolute Gasteiger partial charge is 0.482 e. The molecule has 0 aliphatic heterocycles. The van der Waals surface area contributed by atoms with E-state index in [9.17, 15) is 4.79 Å². The minimum atomic E-state index is -1.02. The van der Waals surface area contributed by atoms with Crippen LogP contribution in [0.3, 0.4) is 0 Å². The van der Waals surface area contributed by atoms with E-state index in [-0.39, 0.29) is 6.61 Å². The predicted octanol–water partition coefficient (Wildman–Crippen LogP) is 1.52. The van der Waals surface area contributed by atoms with Gasteiger partial charge in [-0.3, -0.25) is 5.43 Å². The van der Waals surface area contributed by atoms with Gasteiger partial charge in [0, 0.05) is 12.1 Å². The number of hydrogen-bond donors (Lipinski definition) is 3. The first kappa shape index (κ1) is 16.6. The average Bonchev–Trinajstić information content (AvgIpc) is 2.48. The number of aliphatic carboxylic acids is 1. The molecule has 112 valence electrons. The van der Waals surface area contributed by atoms with Crippen molar-refractivity contribution in [3.05, 3.63) is 42.5 Å². The number of carboxylic acid groups (broad SMARTS) is 1. The number of benzene rings is 1. The second-order valence-corrected chi connectivity index (χ2v) is 4.43. The Bertz CT molecular complexity index is 558. The van der Waals surface area contributed by atoms with Crippen LogP contribution in [0.2, 0.25) is 0 Å². The zero-order valence-corrected chi connectivity index (χ0v) is 12.4. The minimum absolute atomic E-state index is 0.381. The van der Waals surface area contributed by atoms with Crippen LogP contribution in [0.15, 0.2) is 42.0 Å². The molecule has 3 N–H and O–H groups in total. The first-order chi connectivity index (χ1) is 10.0. The van der Waals surface area contributed by atoms with E-state index in [1.165, 1.54) is 0 Å². The number of ether oxygens (including phenoxy) is 1. The Hall–Kier alpha value is -2.41. The number of hydrazone groups is 1. The number of carbonyl (C=O) groups is 1. The molecule has 0 amide bonds. The van der Waals surface area contributed by atoms with Gasteiger partial charge in [-0.2, -0.15) is 5.10 Å². The Balaban J connectivity index is 2.66. The van der Waals surface area contributed by atoms with E-state index >= 15 is 0 Å². The van der Waals surface area contributed by atoms with Crippen LogP contribution in [0.4, 0.5) is 0 Å². The standard InChI is InChI=1S/C14H17N3O3S/c1-3-7-15-14(21)17-16-10(2)11-5-4-6-12(8-11)20-9-13(18)19/h3-6,8H,1,7,9H2,2H3,(H,18,19)(H2,15,17,21)/b16-10-. The average molecular weight is 307 g/mol. The summed E-state index contributed by atoms with van der Waals surface area (Å²) in [4.78, 5) is 10.5. The molecule has 0 fully saturated rings. The molecule has 7 heteroatoms. The summed E-state index contributed by atoms with van der Waals surface area (Å²) in [7, 11) is 0. The second kappa shape index (κ2) is 8.70. The molecule has 0 radical (unpaired) electrons. The molecule has 0 bridgehead atoms. The zero-order chi connectivity index (χ0) is 15.7. The molecule has 1 rings (SSSR count). The lowest BCUT2D eigenvalue weighted by Crippen LogP contribution is -2.32. The Morgan fingerprint density at radius 3 is 3.00 bits per heavy atom. The predicted molar refractivity (Wildman–Crippen MR) is 85.7 cm³/mol.